The van der Waals surface area contributed by atoms with E-state index in [9.17, 15) is 9.59 Å². The first-order valence-corrected chi connectivity index (χ1v) is 11.4. The second-order valence-corrected chi connectivity index (χ2v) is 8.08. The van der Waals surface area contributed by atoms with E-state index in [2.05, 4.69) is 37.5 Å². The van der Waals surface area contributed by atoms with Crippen LogP contribution < -0.4 is 10.3 Å². The summed E-state index contributed by atoms with van der Waals surface area (Å²) in [4.78, 5) is 29.9. The highest BCUT2D eigenvalue weighted by molar-refractivity contribution is 5.80. The number of H-pyrrole nitrogens is 1. The SMILES string of the molecule is CCOC(=O)Cn1nnnc1CN(CCc1ccccc1)Cc1cc2cc(OC)ccc2[nH]c1=O. The number of hydrogen-bond donors (Lipinski definition) is 1. The van der Waals surface area contributed by atoms with E-state index in [4.69, 9.17) is 9.47 Å². The van der Waals surface area contributed by atoms with E-state index in [1.807, 2.05) is 42.5 Å². The Morgan fingerprint density at radius 1 is 1.11 bits per heavy atom. The quantitative estimate of drug-likeness (QED) is 0.328. The van der Waals surface area contributed by atoms with Gasteiger partial charge in [0.15, 0.2) is 5.82 Å². The molecule has 0 spiro atoms. The standard InChI is InChI=1S/C25H28N6O4/c1-3-35-24(32)17-31-23(27-28-29-31)16-30(12-11-18-7-5-4-6-8-18)15-20-13-19-14-21(34-2)9-10-22(19)26-25(20)33/h4-10,13-14H,3,11-12,15-17H2,1-2H3,(H,26,33). The van der Waals surface area contributed by atoms with Crippen molar-refractivity contribution in [3.8, 4) is 5.75 Å². The fourth-order valence-corrected chi connectivity index (χ4v) is 3.85. The van der Waals surface area contributed by atoms with Crippen molar-refractivity contribution in [3.63, 3.8) is 0 Å². The number of ether oxygens (including phenoxy) is 2. The molecule has 4 rings (SSSR count). The summed E-state index contributed by atoms with van der Waals surface area (Å²) in [5, 5.41) is 12.7. The van der Waals surface area contributed by atoms with Gasteiger partial charge in [0.05, 0.1) is 20.3 Å². The number of esters is 1. The van der Waals surface area contributed by atoms with Crippen LogP contribution in [0, 0.1) is 0 Å². The maximum atomic E-state index is 12.9. The fourth-order valence-electron chi connectivity index (χ4n) is 3.85. The molecule has 0 aliphatic carbocycles. The lowest BCUT2D eigenvalue weighted by atomic mass is 10.1. The predicted molar refractivity (Wildman–Crippen MR) is 130 cm³/mol. The summed E-state index contributed by atoms with van der Waals surface area (Å²) in [7, 11) is 1.61. The third-order valence-corrected chi connectivity index (χ3v) is 5.64. The van der Waals surface area contributed by atoms with Crippen molar-refractivity contribution >= 4 is 16.9 Å². The number of tetrazole rings is 1. The van der Waals surface area contributed by atoms with Gasteiger partial charge in [-0.1, -0.05) is 30.3 Å². The minimum Gasteiger partial charge on any atom is -0.497 e. The van der Waals surface area contributed by atoms with Crippen LogP contribution in [0.2, 0.25) is 0 Å². The number of fused-ring (bicyclic) bond motifs is 1. The van der Waals surface area contributed by atoms with Crippen molar-refractivity contribution in [3.05, 3.63) is 81.9 Å². The van der Waals surface area contributed by atoms with Gasteiger partial charge < -0.3 is 14.5 Å². The molecule has 0 fully saturated rings. The van der Waals surface area contributed by atoms with E-state index in [1.54, 1.807) is 14.0 Å². The highest BCUT2D eigenvalue weighted by atomic mass is 16.5. The van der Waals surface area contributed by atoms with Crippen molar-refractivity contribution in [1.29, 1.82) is 0 Å². The van der Waals surface area contributed by atoms with Crippen LogP contribution in [0.15, 0.2) is 59.4 Å². The number of nitrogens with zero attached hydrogens (tertiary/aromatic N) is 5. The topological polar surface area (TPSA) is 115 Å². The van der Waals surface area contributed by atoms with E-state index in [0.717, 1.165) is 23.1 Å². The number of carbonyl (C=O) groups excluding carboxylic acids is 1. The van der Waals surface area contributed by atoms with Crippen molar-refractivity contribution in [2.24, 2.45) is 0 Å². The van der Waals surface area contributed by atoms with Gasteiger partial charge in [-0.05, 0) is 53.6 Å². The first-order chi connectivity index (χ1) is 17.1. The minimum atomic E-state index is -0.406. The summed E-state index contributed by atoms with van der Waals surface area (Å²) in [6.07, 6.45) is 0.777. The number of carbonyl (C=O) groups is 1. The van der Waals surface area contributed by atoms with Gasteiger partial charge in [-0.25, -0.2) is 4.68 Å². The summed E-state index contributed by atoms with van der Waals surface area (Å²) >= 11 is 0. The molecule has 0 atom stereocenters. The van der Waals surface area contributed by atoms with Gasteiger partial charge in [-0.15, -0.1) is 5.10 Å². The zero-order valence-corrected chi connectivity index (χ0v) is 19.8. The number of aromatic nitrogens is 5. The van der Waals surface area contributed by atoms with Crippen molar-refractivity contribution in [2.45, 2.75) is 33.0 Å². The number of pyridine rings is 1. The lowest BCUT2D eigenvalue weighted by molar-refractivity contribution is -0.144. The van der Waals surface area contributed by atoms with Gasteiger partial charge in [0.25, 0.3) is 5.56 Å². The highest BCUT2D eigenvalue weighted by Crippen LogP contribution is 2.19. The van der Waals surface area contributed by atoms with Gasteiger partial charge in [0.1, 0.15) is 12.3 Å². The molecule has 35 heavy (non-hydrogen) atoms. The first kappa shape index (κ1) is 24.1. The largest absolute Gasteiger partial charge is 0.497 e. The monoisotopic (exact) mass is 476 g/mol. The number of hydrogen-bond acceptors (Lipinski definition) is 8. The number of benzene rings is 2. The van der Waals surface area contributed by atoms with E-state index < -0.39 is 5.97 Å². The Bertz CT molecular complexity index is 1330. The summed E-state index contributed by atoms with van der Waals surface area (Å²) < 4.78 is 11.8. The first-order valence-electron chi connectivity index (χ1n) is 11.4. The minimum absolute atomic E-state index is 0.0704. The van der Waals surface area contributed by atoms with Crippen LogP contribution in [-0.4, -0.2) is 56.3 Å². The molecular weight excluding hydrogens is 448 g/mol. The van der Waals surface area contributed by atoms with E-state index in [-0.39, 0.29) is 18.7 Å². The molecule has 1 N–H and O–H groups in total. The average Bonchev–Trinajstić information content (AvgIpc) is 3.29. The smallest absolute Gasteiger partial charge is 0.327 e. The Morgan fingerprint density at radius 3 is 2.71 bits per heavy atom. The molecule has 0 saturated heterocycles. The van der Waals surface area contributed by atoms with Gasteiger partial charge in [0, 0.05) is 29.6 Å². The Morgan fingerprint density at radius 2 is 1.94 bits per heavy atom. The molecule has 0 bridgehead atoms. The Labute approximate surface area is 202 Å². The van der Waals surface area contributed by atoms with Crippen molar-refractivity contribution in [1.82, 2.24) is 30.1 Å². The predicted octanol–water partition coefficient (Wildman–Crippen LogP) is 2.33. The zero-order valence-electron chi connectivity index (χ0n) is 19.8. The Hall–Kier alpha value is -4.05. The van der Waals surface area contributed by atoms with Crippen LogP contribution >= 0.6 is 0 Å². The fraction of sp³-hybridized carbons (Fsp3) is 0.320. The number of aromatic amines is 1. The van der Waals surface area contributed by atoms with E-state index >= 15 is 0 Å². The molecule has 2 aromatic heterocycles. The normalized spacial score (nSPS) is 11.2. The molecule has 182 valence electrons. The van der Waals surface area contributed by atoms with E-state index in [0.29, 0.717) is 31.0 Å². The molecule has 0 radical (unpaired) electrons. The molecule has 10 nitrogen and oxygen atoms in total. The maximum absolute atomic E-state index is 12.9. The summed E-state index contributed by atoms with van der Waals surface area (Å²) in [6, 6.07) is 17.5. The molecule has 10 heteroatoms. The molecule has 0 amide bonds. The summed E-state index contributed by atoms with van der Waals surface area (Å²) in [5.41, 5.74) is 2.39. The lowest BCUT2D eigenvalue weighted by Gasteiger charge is -2.22. The van der Waals surface area contributed by atoms with Crippen molar-refractivity contribution in [2.75, 3.05) is 20.3 Å². The number of methoxy groups -OCH3 is 1. The molecule has 0 aliphatic rings. The molecule has 2 aromatic carbocycles. The summed E-state index contributed by atoms with van der Waals surface area (Å²) in [6.45, 7) is 3.36. The van der Waals surface area contributed by atoms with Crippen LogP contribution in [0.25, 0.3) is 10.9 Å². The second-order valence-electron chi connectivity index (χ2n) is 8.08. The van der Waals surface area contributed by atoms with Crippen LogP contribution in [0.5, 0.6) is 5.75 Å². The lowest BCUT2D eigenvalue weighted by Crippen LogP contribution is -2.30. The molecular formula is C25H28N6O4. The molecule has 4 aromatic rings. The zero-order chi connectivity index (χ0) is 24.6. The third-order valence-electron chi connectivity index (χ3n) is 5.64. The molecule has 2 heterocycles. The van der Waals surface area contributed by atoms with Gasteiger partial charge in [-0.3, -0.25) is 14.5 Å². The van der Waals surface area contributed by atoms with E-state index in [1.165, 1.54) is 10.2 Å². The van der Waals surface area contributed by atoms with Crippen LogP contribution in [0.3, 0.4) is 0 Å². The second kappa shape index (κ2) is 11.4. The summed E-state index contributed by atoms with van der Waals surface area (Å²) in [5.74, 6) is 0.830. The third kappa shape index (κ3) is 6.30. The van der Waals surface area contributed by atoms with Gasteiger partial charge in [0.2, 0.25) is 0 Å². The van der Waals surface area contributed by atoms with Crippen molar-refractivity contribution < 1.29 is 14.3 Å². The Kier molecular flexibility index (Phi) is 7.84. The molecule has 0 unspecified atom stereocenters. The van der Waals surface area contributed by atoms with Crippen LogP contribution in [0.4, 0.5) is 0 Å². The maximum Gasteiger partial charge on any atom is 0.327 e. The van der Waals surface area contributed by atoms with Gasteiger partial charge >= 0.3 is 5.97 Å². The highest BCUT2D eigenvalue weighted by Gasteiger charge is 2.17. The molecule has 0 aliphatic heterocycles. The molecule has 0 saturated carbocycles. The van der Waals surface area contributed by atoms with Crippen LogP contribution in [-0.2, 0) is 35.6 Å². The number of nitrogens with one attached hydrogen (secondary N) is 1. The Balaban J connectivity index is 1.59. The average molecular weight is 477 g/mol. The number of rotatable bonds is 11. The van der Waals surface area contributed by atoms with Gasteiger partial charge in [-0.2, -0.15) is 0 Å². The van der Waals surface area contributed by atoms with Crippen LogP contribution in [0.1, 0.15) is 23.9 Å².